The minimum atomic E-state index is -0.152. The molecule has 0 amide bonds. The molecule has 0 saturated heterocycles. The maximum atomic E-state index is 2.51. The van der Waals surface area contributed by atoms with E-state index >= 15 is 0 Å². The van der Waals surface area contributed by atoms with Crippen LogP contribution in [0.5, 0.6) is 0 Å². The van der Waals surface area contributed by atoms with Gasteiger partial charge in [-0.2, -0.15) is 0 Å². The lowest BCUT2D eigenvalue weighted by molar-refractivity contribution is 0.661. The summed E-state index contributed by atoms with van der Waals surface area (Å²) in [6.07, 6.45) is 0. The van der Waals surface area contributed by atoms with Gasteiger partial charge in [-0.25, -0.2) is 0 Å². The Hall–Kier alpha value is -6.76. The van der Waals surface area contributed by atoms with Gasteiger partial charge in [-0.1, -0.05) is 184 Å². The molecule has 0 fully saturated rings. The second kappa shape index (κ2) is 11.1. The van der Waals surface area contributed by atoms with Crippen LogP contribution in [0, 0.1) is 0 Å². The molecule has 55 heavy (non-hydrogen) atoms. The normalized spacial score (nSPS) is 13.4. The van der Waals surface area contributed by atoms with Crippen molar-refractivity contribution < 1.29 is 0 Å². The standard InChI is InChI=1S/C55H36/c1-55(2)48-31-38(33-11-4-3-5-12-33)24-26-41(48)42-27-25-39(32-49(42)55)52-43-17-8-9-18-44(43)53(47-30-21-34-13-6-7-16-40(34)54(47)52)46-29-23-37-20-19-35-14-10-15-36-22-28-45(46)51(37)50(35)36/h3-32H,1-2H3. The van der Waals surface area contributed by atoms with E-state index in [4.69, 9.17) is 0 Å². The molecule has 0 saturated carbocycles. The van der Waals surface area contributed by atoms with E-state index in [1.807, 2.05) is 0 Å². The maximum Gasteiger partial charge on any atom is 0.0159 e. The molecule has 0 unspecified atom stereocenters. The van der Waals surface area contributed by atoms with Crippen molar-refractivity contribution in [3.05, 3.63) is 193 Å². The summed E-state index contributed by atoms with van der Waals surface area (Å²) in [7, 11) is 0. The highest BCUT2D eigenvalue weighted by atomic mass is 14.4. The monoisotopic (exact) mass is 696 g/mol. The Morgan fingerprint density at radius 2 is 0.818 bits per heavy atom. The molecule has 0 heterocycles. The first-order valence-corrected chi connectivity index (χ1v) is 19.4. The summed E-state index contributed by atoms with van der Waals surface area (Å²) in [4.78, 5) is 0. The Kier molecular flexibility index (Phi) is 6.21. The zero-order valence-electron chi connectivity index (χ0n) is 30.8. The minimum Gasteiger partial charge on any atom is -0.0622 e. The summed E-state index contributed by atoms with van der Waals surface area (Å²) in [5.41, 5.74) is 13.0. The second-order valence-corrected chi connectivity index (χ2v) is 16.0. The lowest BCUT2D eigenvalue weighted by atomic mass is 9.79. The third kappa shape index (κ3) is 4.23. The van der Waals surface area contributed by atoms with E-state index in [1.54, 1.807) is 0 Å². The van der Waals surface area contributed by atoms with E-state index < -0.39 is 0 Å². The maximum absolute atomic E-state index is 2.51. The van der Waals surface area contributed by atoms with Crippen molar-refractivity contribution in [3.63, 3.8) is 0 Å². The fraction of sp³-hybridized carbons (Fsp3) is 0.0545. The van der Waals surface area contributed by atoms with Gasteiger partial charge in [0.25, 0.3) is 0 Å². The molecule has 0 aliphatic heterocycles. The first-order valence-electron chi connectivity index (χ1n) is 19.4. The minimum absolute atomic E-state index is 0.152. The Balaban J connectivity index is 1.16. The van der Waals surface area contributed by atoms with Crippen LogP contribution < -0.4 is 0 Å². The predicted molar refractivity (Wildman–Crippen MR) is 237 cm³/mol. The molecule has 0 heteroatoms. The molecular formula is C55H36. The lowest BCUT2D eigenvalue weighted by Crippen LogP contribution is -2.15. The van der Waals surface area contributed by atoms with Crippen molar-refractivity contribution in [2.24, 2.45) is 0 Å². The summed E-state index contributed by atoms with van der Waals surface area (Å²) in [6, 6.07) is 68.5. The van der Waals surface area contributed by atoms with Gasteiger partial charge in [0.15, 0.2) is 0 Å². The molecule has 0 aromatic heterocycles. The Bertz CT molecular complexity index is 3360. The second-order valence-electron chi connectivity index (χ2n) is 16.0. The summed E-state index contributed by atoms with van der Waals surface area (Å²) in [5, 5.41) is 15.6. The SMILES string of the molecule is CC1(C)c2cc(-c3ccccc3)ccc2-c2ccc(-c3c4ccccc4c(-c4ccc5ccc6cccc7ccc4c5c67)c4ccc5ccccc5c34)cc21. The van der Waals surface area contributed by atoms with Crippen LogP contribution in [0.25, 0.3) is 109 Å². The zero-order valence-corrected chi connectivity index (χ0v) is 30.8. The van der Waals surface area contributed by atoms with Crippen molar-refractivity contribution in [2.75, 3.05) is 0 Å². The number of rotatable bonds is 3. The fourth-order valence-electron chi connectivity index (χ4n) is 10.2. The molecular weight excluding hydrogens is 661 g/mol. The quantitative estimate of drug-likeness (QED) is 0.127. The van der Waals surface area contributed by atoms with Gasteiger partial charge in [-0.15, -0.1) is 0 Å². The Morgan fingerprint density at radius 3 is 1.58 bits per heavy atom. The van der Waals surface area contributed by atoms with Crippen LogP contribution in [-0.4, -0.2) is 0 Å². The molecule has 0 nitrogen and oxygen atoms in total. The van der Waals surface area contributed by atoms with Gasteiger partial charge in [0.2, 0.25) is 0 Å². The van der Waals surface area contributed by atoms with Crippen molar-refractivity contribution in [2.45, 2.75) is 19.3 Å². The molecule has 0 atom stereocenters. The first-order chi connectivity index (χ1) is 27.0. The van der Waals surface area contributed by atoms with Crippen LogP contribution >= 0.6 is 0 Å². The van der Waals surface area contributed by atoms with Gasteiger partial charge in [-0.05, 0) is 132 Å². The Morgan fingerprint density at radius 1 is 0.291 bits per heavy atom. The predicted octanol–water partition coefficient (Wildman–Crippen LogP) is 15.4. The van der Waals surface area contributed by atoms with Crippen LogP contribution in [0.2, 0.25) is 0 Å². The topological polar surface area (TPSA) is 0 Å². The third-order valence-electron chi connectivity index (χ3n) is 12.8. The molecule has 1 aliphatic rings. The summed E-state index contributed by atoms with van der Waals surface area (Å²) >= 11 is 0. The van der Waals surface area contributed by atoms with E-state index in [-0.39, 0.29) is 5.41 Å². The number of hydrogen-bond donors (Lipinski definition) is 0. The highest BCUT2D eigenvalue weighted by Crippen LogP contribution is 2.53. The van der Waals surface area contributed by atoms with E-state index in [0.717, 1.165) is 0 Å². The molecule has 12 rings (SSSR count). The van der Waals surface area contributed by atoms with Gasteiger partial charge in [0.05, 0.1) is 0 Å². The van der Waals surface area contributed by atoms with Crippen LogP contribution in [0.15, 0.2) is 182 Å². The Labute approximate surface area is 320 Å². The fourth-order valence-corrected chi connectivity index (χ4v) is 10.2. The molecule has 11 aromatic carbocycles. The average molecular weight is 697 g/mol. The van der Waals surface area contributed by atoms with Gasteiger partial charge >= 0.3 is 0 Å². The van der Waals surface area contributed by atoms with Crippen LogP contribution in [0.1, 0.15) is 25.0 Å². The van der Waals surface area contributed by atoms with Crippen LogP contribution in [0.3, 0.4) is 0 Å². The number of hydrogen-bond acceptors (Lipinski definition) is 0. The molecule has 0 spiro atoms. The lowest BCUT2D eigenvalue weighted by Gasteiger charge is -2.24. The molecule has 1 aliphatic carbocycles. The smallest absolute Gasteiger partial charge is 0.0159 e. The van der Waals surface area contributed by atoms with Crippen LogP contribution in [-0.2, 0) is 5.41 Å². The zero-order chi connectivity index (χ0) is 36.4. The molecule has 0 radical (unpaired) electrons. The van der Waals surface area contributed by atoms with E-state index in [0.29, 0.717) is 0 Å². The van der Waals surface area contributed by atoms with E-state index in [2.05, 4.69) is 196 Å². The highest BCUT2D eigenvalue weighted by Gasteiger charge is 2.36. The molecule has 11 aromatic rings. The van der Waals surface area contributed by atoms with Crippen LogP contribution in [0.4, 0.5) is 0 Å². The van der Waals surface area contributed by atoms with E-state index in [1.165, 1.54) is 120 Å². The average Bonchev–Trinajstić information content (AvgIpc) is 3.46. The molecule has 0 bridgehead atoms. The van der Waals surface area contributed by atoms with Gasteiger partial charge in [0.1, 0.15) is 0 Å². The number of benzene rings is 11. The molecule has 0 N–H and O–H groups in total. The summed E-state index contributed by atoms with van der Waals surface area (Å²) in [5.74, 6) is 0. The molecule has 256 valence electrons. The van der Waals surface area contributed by atoms with E-state index in [9.17, 15) is 0 Å². The summed E-state index contributed by atoms with van der Waals surface area (Å²) < 4.78 is 0. The largest absolute Gasteiger partial charge is 0.0622 e. The van der Waals surface area contributed by atoms with Crippen molar-refractivity contribution in [1.29, 1.82) is 0 Å². The first kappa shape index (κ1) is 30.7. The third-order valence-corrected chi connectivity index (χ3v) is 12.8. The van der Waals surface area contributed by atoms with Crippen molar-refractivity contribution in [3.8, 4) is 44.5 Å². The highest BCUT2D eigenvalue weighted by molar-refractivity contribution is 6.32. The van der Waals surface area contributed by atoms with Gasteiger partial charge < -0.3 is 0 Å². The van der Waals surface area contributed by atoms with Crippen molar-refractivity contribution >= 4 is 64.6 Å². The van der Waals surface area contributed by atoms with Gasteiger partial charge in [0, 0.05) is 5.41 Å². The van der Waals surface area contributed by atoms with Crippen molar-refractivity contribution in [1.82, 2.24) is 0 Å². The number of fused-ring (bicyclic) bond motifs is 7. The summed E-state index contributed by atoms with van der Waals surface area (Å²) in [6.45, 7) is 4.80. The van der Waals surface area contributed by atoms with Gasteiger partial charge in [-0.3, -0.25) is 0 Å².